The van der Waals surface area contributed by atoms with Crippen molar-refractivity contribution in [2.45, 2.75) is 25.3 Å². The van der Waals surface area contributed by atoms with Crippen LogP contribution >= 0.6 is 0 Å². The fourth-order valence-electron chi connectivity index (χ4n) is 2.74. The molecule has 1 N–H and O–H groups in total. The van der Waals surface area contributed by atoms with Gasteiger partial charge in [-0.15, -0.1) is 0 Å². The van der Waals surface area contributed by atoms with Crippen LogP contribution in [-0.2, 0) is 4.74 Å². The molecular weight excluding hydrogens is 214 g/mol. The first-order chi connectivity index (χ1) is 8.36. The van der Waals surface area contributed by atoms with Gasteiger partial charge in [0.25, 0.3) is 0 Å². The van der Waals surface area contributed by atoms with Crippen LogP contribution in [0.5, 0.6) is 0 Å². The minimum atomic E-state index is 0.736. The minimum absolute atomic E-state index is 0.736. The summed E-state index contributed by atoms with van der Waals surface area (Å²) in [5.41, 5.74) is 0. The highest BCUT2D eigenvalue weighted by Gasteiger charge is 2.18. The lowest BCUT2D eigenvalue weighted by atomic mass is 10.1. The molecule has 1 unspecified atom stereocenters. The van der Waals surface area contributed by atoms with E-state index >= 15 is 0 Å². The summed E-state index contributed by atoms with van der Waals surface area (Å²) in [6, 6.07) is 0.736. The molecule has 0 bridgehead atoms. The molecule has 0 aliphatic carbocycles. The summed E-state index contributed by atoms with van der Waals surface area (Å²) in [4.78, 5) is 5.11. The van der Waals surface area contributed by atoms with Gasteiger partial charge in [0, 0.05) is 58.5 Å². The van der Waals surface area contributed by atoms with Gasteiger partial charge >= 0.3 is 0 Å². The van der Waals surface area contributed by atoms with Crippen LogP contribution in [0.25, 0.3) is 0 Å². The number of nitrogens with zero attached hydrogens (tertiary/aromatic N) is 2. The first kappa shape index (κ1) is 13.3. The van der Waals surface area contributed by atoms with Crippen LogP contribution in [0.2, 0.25) is 0 Å². The Labute approximate surface area is 105 Å². The first-order valence-electron chi connectivity index (χ1n) is 7.07. The molecule has 2 heterocycles. The van der Waals surface area contributed by atoms with Gasteiger partial charge in [0.2, 0.25) is 0 Å². The standard InChI is InChI=1S/C13H27N3O/c1-15(13-3-2-11-17-12-4-13)9-10-16-7-5-14-6-8-16/h13-14H,2-12H2,1H3. The Morgan fingerprint density at radius 1 is 1.24 bits per heavy atom. The molecule has 0 radical (unpaired) electrons. The fraction of sp³-hybridized carbons (Fsp3) is 1.00. The largest absolute Gasteiger partial charge is 0.381 e. The van der Waals surface area contributed by atoms with Crippen LogP contribution < -0.4 is 5.32 Å². The van der Waals surface area contributed by atoms with Gasteiger partial charge in [0.15, 0.2) is 0 Å². The second kappa shape index (κ2) is 7.31. The summed E-state index contributed by atoms with van der Waals surface area (Å²) >= 11 is 0. The van der Waals surface area contributed by atoms with Crippen LogP contribution in [-0.4, -0.2) is 75.4 Å². The van der Waals surface area contributed by atoms with E-state index in [1.165, 1.54) is 45.4 Å². The third kappa shape index (κ3) is 4.54. The lowest BCUT2D eigenvalue weighted by Gasteiger charge is -2.32. The summed E-state index contributed by atoms with van der Waals surface area (Å²) < 4.78 is 5.52. The highest BCUT2D eigenvalue weighted by Crippen LogP contribution is 2.13. The molecule has 17 heavy (non-hydrogen) atoms. The highest BCUT2D eigenvalue weighted by molar-refractivity contribution is 4.74. The number of likely N-dealkylation sites (N-methyl/N-ethyl adjacent to an activating group) is 1. The Morgan fingerprint density at radius 2 is 2.06 bits per heavy atom. The summed E-state index contributed by atoms with van der Waals surface area (Å²) in [5.74, 6) is 0. The Balaban J connectivity index is 1.66. The maximum Gasteiger partial charge on any atom is 0.0480 e. The minimum Gasteiger partial charge on any atom is -0.381 e. The van der Waals surface area contributed by atoms with Crippen LogP contribution in [0.1, 0.15) is 19.3 Å². The van der Waals surface area contributed by atoms with E-state index in [9.17, 15) is 0 Å². The third-order valence-corrected chi connectivity index (χ3v) is 4.02. The van der Waals surface area contributed by atoms with E-state index in [-0.39, 0.29) is 0 Å². The maximum absolute atomic E-state index is 5.52. The molecule has 100 valence electrons. The average Bonchev–Trinajstić information content (AvgIpc) is 2.66. The van der Waals surface area contributed by atoms with Crippen LogP contribution in [0, 0.1) is 0 Å². The Kier molecular flexibility index (Phi) is 5.71. The van der Waals surface area contributed by atoms with Gasteiger partial charge in [0.1, 0.15) is 0 Å². The first-order valence-corrected chi connectivity index (χ1v) is 7.07. The molecule has 2 fully saturated rings. The van der Waals surface area contributed by atoms with Crippen molar-refractivity contribution in [3.05, 3.63) is 0 Å². The monoisotopic (exact) mass is 241 g/mol. The van der Waals surface area contributed by atoms with Crippen molar-refractivity contribution in [1.29, 1.82) is 0 Å². The van der Waals surface area contributed by atoms with Gasteiger partial charge in [-0.05, 0) is 26.3 Å². The van der Waals surface area contributed by atoms with E-state index in [0.717, 1.165) is 32.3 Å². The summed E-state index contributed by atoms with van der Waals surface area (Å²) in [6.45, 7) is 9.05. The van der Waals surface area contributed by atoms with Crippen molar-refractivity contribution in [3.8, 4) is 0 Å². The quantitative estimate of drug-likeness (QED) is 0.771. The molecule has 2 aliphatic rings. The number of hydrogen-bond donors (Lipinski definition) is 1. The molecule has 2 aliphatic heterocycles. The molecule has 4 heteroatoms. The van der Waals surface area contributed by atoms with Gasteiger partial charge in [-0.1, -0.05) is 0 Å². The zero-order valence-corrected chi connectivity index (χ0v) is 11.2. The van der Waals surface area contributed by atoms with E-state index in [0.29, 0.717) is 0 Å². The van der Waals surface area contributed by atoms with Crippen molar-refractivity contribution < 1.29 is 4.74 Å². The second-order valence-electron chi connectivity index (χ2n) is 5.27. The van der Waals surface area contributed by atoms with Crippen LogP contribution in [0.4, 0.5) is 0 Å². The SMILES string of the molecule is CN(CCN1CCNCC1)C1CCCOCC1. The van der Waals surface area contributed by atoms with Gasteiger partial charge < -0.3 is 15.0 Å². The Morgan fingerprint density at radius 3 is 2.88 bits per heavy atom. The van der Waals surface area contributed by atoms with Crippen molar-refractivity contribution in [2.24, 2.45) is 0 Å². The molecule has 0 saturated carbocycles. The summed E-state index contributed by atoms with van der Waals surface area (Å²) in [7, 11) is 2.28. The van der Waals surface area contributed by atoms with E-state index in [1.807, 2.05) is 0 Å². The van der Waals surface area contributed by atoms with Crippen molar-refractivity contribution in [2.75, 3.05) is 59.5 Å². The van der Waals surface area contributed by atoms with Crippen molar-refractivity contribution in [1.82, 2.24) is 15.1 Å². The van der Waals surface area contributed by atoms with Gasteiger partial charge in [-0.2, -0.15) is 0 Å². The van der Waals surface area contributed by atoms with E-state index in [2.05, 4.69) is 22.2 Å². The molecule has 2 rings (SSSR count). The Hall–Kier alpha value is -0.160. The van der Waals surface area contributed by atoms with Crippen molar-refractivity contribution in [3.63, 3.8) is 0 Å². The smallest absolute Gasteiger partial charge is 0.0480 e. The normalized spacial score (nSPS) is 28.2. The number of hydrogen-bond acceptors (Lipinski definition) is 4. The predicted molar refractivity (Wildman–Crippen MR) is 70.4 cm³/mol. The lowest BCUT2D eigenvalue weighted by molar-refractivity contribution is 0.130. The molecule has 0 aromatic carbocycles. The predicted octanol–water partition coefficient (Wildman–Crippen LogP) is 0.393. The van der Waals surface area contributed by atoms with Gasteiger partial charge in [-0.25, -0.2) is 0 Å². The number of piperazine rings is 1. The summed E-state index contributed by atoms with van der Waals surface area (Å²) in [6.07, 6.45) is 3.73. The maximum atomic E-state index is 5.52. The van der Waals surface area contributed by atoms with E-state index < -0.39 is 0 Å². The molecule has 0 aromatic heterocycles. The number of ether oxygens (including phenoxy) is 1. The molecule has 0 amide bonds. The van der Waals surface area contributed by atoms with Crippen LogP contribution in [0.15, 0.2) is 0 Å². The molecule has 4 nitrogen and oxygen atoms in total. The molecular formula is C13H27N3O. The van der Waals surface area contributed by atoms with Crippen LogP contribution in [0.3, 0.4) is 0 Å². The topological polar surface area (TPSA) is 27.7 Å². The van der Waals surface area contributed by atoms with Gasteiger partial charge in [0.05, 0.1) is 0 Å². The molecule has 1 atom stereocenters. The van der Waals surface area contributed by atoms with E-state index in [4.69, 9.17) is 4.74 Å². The molecule has 2 saturated heterocycles. The molecule has 0 aromatic rings. The zero-order valence-electron chi connectivity index (χ0n) is 11.2. The highest BCUT2D eigenvalue weighted by atomic mass is 16.5. The third-order valence-electron chi connectivity index (χ3n) is 4.02. The number of rotatable bonds is 4. The van der Waals surface area contributed by atoms with E-state index in [1.54, 1.807) is 0 Å². The average molecular weight is 241 g/mol. The molecule has 0 spiro atoms. The zero-order chi connectivity index (χ0) is 11.9. The Bertz CT molecular complexity index is 199. The fourth-order valence-corrected chi connectivity index (χ4v) is 2.74. The second-order valence-corrected chi connectivity index (χ2v) is 5.27. The summed E-state index contributed by atoms with van der Waals surface area (Å²) in [5, 5.41) is 3.40. The van der Waals surface area contributed by atoms with Gasteiger partial charge in [-0.3, -0.25) is 4.90 Å². The van der Waals surface area contributed by atoms with Crippen molar-refractivity contribution >= 4 is 0 Å². The number of nitrogens with one attached hydrogen (secondary N) is 1. The lowest BCUT2D eigenvalue weighted by Crippen LogP contribution is -2.47.